The lowest BCUT2D eigenvalue weighted by atomic mass is 10.1. The smallest absolute Gasteiger partial charge is 0.289 e. The number of nitrogens with two attached hydrogens (primary N) is 1. The van der Waals surface area contributed by atoms with Crippen LogP contribution in [0.5, 0.6) is 0 Å². The average molecular weight is 190 g/mol. The van der Waals surface area contributed by atoms with Crippen molar-refractivity contribution in [3.8, 4) is 0 Å². The summed E-state index contributed by atoms with van der Waals surface area (Å²) in [6.45, 7) is 0. The summed E-state index contributed by atoms with van der Waals surface area (Å²) in [4.78, 5) is 12.3. The SMILES string of the molecule is CN1C(=O)CCCC2(N)C1C2(F)F. The van der Waals surface area contributed by atoms with Gasteiger partial charge in [-0.15, -0.1) is 0 Å². The predicted molar refractivity (Wildman–Crippen MR) is 42.3 cm³/mol. The van der Waals surface area contributed by atoms with Crippen LogP contribution in [0.25, 0.3) is 0 Å². The molecule has 1 aliphatic carbocycles. The van der Waals surface area contributed by atoms with Gasteiger partial charge >= 0.3 is 0 Å². The van der Waals surface area contributed by atoms with Crippen molar-refractivity contribution >= 4 is 5.91 Å². The van der Waals surface area contributed by atoms with E-state index in [0.29, 0.717) is 12.8 Å². The van der Waals surface area contributed by atoms with Gasteiger partial charge in [-0.3, -0.25) is 4.79 Å². The Morgan fingerprint density at radius 1 is 1.62 bits per heavy atom. The minimum Gasteiger partial charge on any atom is -0.335 e. The lowest BCUT2D eigenvalue weighted by Crippen LogP contribution is -2.35. The molecule has 0 aromatic heterocycles. The van der Waals surface area contributed by atoms with Gasteiger partial charge in [0.25, 0.3) is 5.92 Å². The molecular weight excluding hydrogens is 178 g/mol. The molecule has 1 saturated carbocycles. The molecule has 2 fully saturated rings. The van der Waals surface area contributed by atoms with Crippen LogP contribution in [0, 0.1) is 0 Å². The van der Waals surface area contributed by atoms with Crippen LogP contribution >= 0.6 is 0 Å². The Labute approximate surface area is 74.9 Å². The molecule has 0 radical (unpaired) electrons. The van der Waals surface area contributed by atoms with Crippen molar-refractivity contribution < 1.29 is 13.6 Å². The van der Waals surface area contributed by atoms with Gasteiger partial charge in [0, 0.05) is 13.5 Å². The van der Waals surface area contributed by atoms with Gasteiger partial charge in [0.1, 0.15) is 11.6 Å². The number of amides is 1. The Hall–Kier alpha value is -0.710. The van der Waals surface area contributed by atoms with Crippen molar-refractivity contribution in [2.24, 2.45) is 5.73 Å². The van der Waals surface area contributed by atoms with E-state index in [2.05, 4.69) is 0 Å². The molecule has 2 unspecified atom stereocenters. The zero-order valence-corrected chi connectivity index (χ0v) is 7.39. The summed E-state index contributed by atoms with van der Waals surface area (Å²) in [5.41, 5.74) is 4.09. The molecule has 0 aromatic rings. The van der Waals surface area contributed by atoms with Crippen LogP contribution in [0.1, 0.15) is 19.3 Å². The molecule has 74 valence electrons. The molecular formula is C8H12F2N2O. The number of hydrogen-bond acceptors (Lipinski definition) is 2. The summed E-state index contributed by atoms with van der Waals surface area (Å²) >= 11 is 0. The maximum Gasteiger partial charge on any atom is 0.289 e. The second-order valence-electron chi connectivity index (χ2n) is 3.92. The summed E-state index contributed by atoms with van der Waals surface area (Å²) in [5, 5.41) is 0. The van der Waals surface area contributed by atoms with Crippen LogP contribution in [0.15, 0.2) is 0 Å². The first-order chi connectivity index (χ1) is 5.91. The fourth-order valence-corrected chi connectivity index (χ4v) is 2.20. The van der Waals surface area contributed by atoms with Gasteiger partial charge in [0.15, 0.2) is 0 Å². The highest BCUT2D eigenvalue weighted by Gasteiger charge is 2.81. The number of alkyl halides is 2. The first-order valence-corrected chi connectivity index (χ1v) is 4.33. The Morgan fingerprint density at radius 3 is 2.85 bits per heavy atom. The largest absolute Gasteiger partial charge is 0.335 e. The maximum absolute atomic E-state index is 13.2. The third-order valence-electron chi connectivity index (χ3n) is 3.13. The van der Waals surface area contributed by atoms with E-state index in [4.69, 9.17) is 5.73 Å². The van der Waals surface area contributed by atoms with Gasteiger partial charge in [-0.1, -0.05) is 0 Å². The van der Waals surface area contributed by atoms with Crippen molar-refractivity contribution in [3.63, 3.8) is 0 Å². The lowest BCUT2D eigenvalue weighted by molar-refractivity contribution is -0.131. The summed E-state index contributed by atoms with van der Waals surface area (Å²) in [5.74, 6) is -3.12. The molecule has 2 N–H and O–H groups in total. The number of nitrogens with zero attached hydrogens (tertiary/aromatic N) is 1. The molecule has 1 aliphatic heterocycles. The van der Waals surface area contributed by atoms with E-state index < -0.39 is 17.5 Å². The summed E-state index contributed by atoms with van der Waals surface area (Å²) in [6.07, 6.45) is 1.04. The highest BCUT2D eigenvalue weighted by atomic mass is 19.3. The number of fused-ring (bicyclic) bond motifs is 1. The quantitative estimate of drug-likeness (QED) is 0.599. The van der Waals surface area contributed by atoms with E-state index in [1.54, 1.807) is 0 Å². The number of carbonyl (C=O) groups excluding carboxylic acids is 1. The first-order valence-electron chi connectivity index (χ1n) is 4.33. The van der Waals surface area contributed by atoms with Gasteiger partial charge in [0.2, 0.25) is 5.91 Å². The molecule has 0 spiro atoms. The van der Waals surface area contributed by atoms with Gasteiger partial charge < -0.3 is 10.6 Å². The highest BCUT2D eigenvalue weighted by molar-refractivity contribution is 5.78. The summed E-state index contributed by atoms with van der Waals surface area (Å²) < 4.78 is 26.3. The van der Waals surface area contributed by atoms with Crippen molar-refractivity contribution in [1.29, 1.82) is 0 Å². The normalized spacial score (nSPS) is 42.6. The van der Waals surface area contributed by atoms with E-state index in [9.17, 15) is 13.6 Å². The van der Waals surface area contributed by atoms with Crippen LogP contribution in [0.2, 0.25) is 0 Å². The highest BCUT2D eigenvalue weighted by Crippen LogP contribution is 2.57. The molecule has 2 rings (SSSR count). The van der Waals surface area contributed by atoms with Crippen LogP contribution in [0.4, 0.5) is 8.78 Å². The van der Waals surface area contributed by atoms with E-state index in [1.807, 2.05) is 0 Å². The zero-order valence-electron chi connectivity index (χ0n) is 7.39. The molecule has 1 heterocycles. The fraction of sp³-hybridized carbons (Fsp3) is 0.875. The second-order valence-corrected chi connectivity index (χ2v) is 3.92. The van der Waals surface area contributed by atoms with Crippen LogP contribution in [-0.2, 0) is 4.79 Å². The van der Waals surface area contributed by atoms with Crippen molar-refractivity contribution in [2.75, 3.05) is 7.05 Å². The van der Waals surface area contributed by atoms with Crippen LogP contribution in [-0.4, -0.2) is 35.4 Å². The van der Waals surface area contributed by atoms with Gasteiger partial charge in [-0.25, -0.2) is 8.78 Å². The minimum atomic E-state index is -2.89. The van der Waals surface area contributed by atoms with E-state index in [-0.39, 0.29) is 12.3 Å². The van der Waals surface area contributed by atoms with E-state index in [1.165, 1.54) is 7.05 Å². The standard InChI is InChI=1S/C8H12F2N2O/c1-12-5(13)3-2-4-7(11)6(12)8(7,9)10/h6H,2-4,11H2,1H3. The van der Waals surface area contributed by atoms with E-state index >= 15 is 0 Å². The Bertz CT molecular complexity index is 269. The Balaban J connectivity index is 2.29. The van der Waals surface area contributed by atoms with Crippen molar-refractivity contribution in [1.82, 2.24) is 4.90 Å². The molecule has 13 heavy (non-hydrogen) atoms. The van der Waals surface area contributed by atoms with Crippen molar-refractivity contribution in [3.05, 3.63) is 0 Å². The second kappa shape index (κ2) is 2.20. The van der Waals surface area contributed by atoms with Gasteiger partial charge in [-0.05, 0) is 12.8 Å². The number of halogens is 2. The number of likely N-dealkylation sites (tertiary alicyclic amines) is 1. The monoisotopic (exact) mass is 190 g/mol. The zero-order chi connectivity index (χ0) is 9.85. The number of rotatable bonds is 0. The predicted octanol–water partition coefficient (Wildman–Crippen LogP) is 0.344. The third-order valence-corrected chi connectivity index (χ3v) is 3.13. The van der Waals surface area contributed by atoms with Crippen molar-refractivity contribution in [2.45, 2.75) is 36.8 Å². The topological polar surface area (TPSA) is 46.3 Å². The molecule has 3 nitrogen and oxygen atoms in total. The molecule has 0 aromatic carbocycles. The summed E-state index contributed by atoms with van der Waals surface area (Å²) in [6, 6.07) is -1.07. The van der Waals surface area contributed by atoms with Crippen LogP contribution < -0.4 is 5.73 Å². The first kappa shape index (κ1) is 8.87. The number of carbonyl (C=O) groups is 1. The Morgan fingerprint density at radius 2 is 2.23 bits per heavy atom. The molecule has 1 saturated heterocycles. The van der Waals surface area contributed by atoms with Gasteiger partial charge in [0.05, 0.1) is 0 Å². The molecule has 2 aliphatic rings. The Kier molecular flexibility index (Phi) is 1.50. The van der Waals surface area contributed by atoms with Gasteiger partial charge in [-0.2, -0.15) is 0 Å². The maximum atomic E-state index is 13.2. The fourth-order valence-electron chi connectivity index (χ4n) is 2.20. The number of likely N-dealkylation sites (N-methyl/N-ethyl adjacent to an activating group) is 1. The average Bonchev–Trinajstić information content (AvgIpc) is 2.48. The summed E-state index contributed by atoms with van der Waals surface area (Å²) in [7, 11) is 1.40. The molecule has 1 amide bonds. The molecule has 5 heteroatoms. The number of hydrogen-bond donors (Lipinski definition) is 1. The molecule has 2 atom stereocenters. The lowest BCUT2D eigenvalue weighted by Gasteiger charge is -2.14. The van der Waals surface area contributed by atoms with E-state index in [0.717, 1.165) is 4.90 Å². The third kappa shape index (κ3) is 0.879. The molecule has 0 bridgehead atoms. The minimum absolute atomic E-state index is 0.227. The van der Waals surface area contributed by atoms with Crippen LogP contribution in [0.3, 0.4) is 0 Å².